The van der Waals surface area contributed by atoms with Gasteiger partial charge >= 0.3 is 0 Å². The van der Waals surface area contributed by atoms with Crippen LogP contribution in [0.5, 0.6) is 0 Å². The first-order chi connectivity index (χ1) is 15.4. The fourth-order valence-corrected chi connectivity index (χ4v) is 5.97. The third-order valence-corrected chi connectivity index (χ3v) is 7.59. The van der Waals surface area contributed by atoms with Crippen LogP contribution in [0.3, 0.4) is 0 Å². The van der Waals surface area contributed by atoms with Gasteiger partial charge in [-0.25, -0.2) is 0 Å². The van der Waals surface area contributed by atoms with Crippen molar-refractivity contribution in [3.05, 3.63) is 71.8 Å². The van der Waals surface area contributed by atoms with Gasteiger partial charge in [0.25, 0.3) is 5.91 Å². The van der Waals surface area contributed by atoms with Crippen molar-refractivity contribution in [1.82, 2.24) is 4.90 Å². The van der Waals surface area contributed by atoms with Gasteiger partial charge in [0.1, 0.15) is 6.54 Å². The summed E-state index contributed by atoms with van der Waals surface area (Å²) < 4.78 is 0.957. The van der Waals surface area contributed by atoms with Crippen molar-refractivity contribution in [1.29, 1.82) is 0 Å². The molecule has 0 spiro atoms. The number of hydrogen-bond acceptors (Lipinski definition) is 2. The first kappa shape index (κ1) is 23.0. The molecule has 4 heteroatoms. The minimum Gasteiger partial charge on any atom is -0.375 e. The van der Waals surface area contributed by atoms with E-state index >= 15 is 0 Å². The Hall–Kier alpha value is -2.17. The maximum atomic E-state index is 13.7. The van der Waals surface area contributed by atoms with Gasteiger partial charge in [-0.2, -0.15) is 0 Å². The van der Waals surface area contributed by atoms with Gasteiger partial charge in [-0.05, 0) is 31.2 Å². The van der Waals surface area contributed by atoms with Crippen LogP contribution in [0, 0.1) is 11.8 Å². The van der Waals surface area contributed by atoms with Crippen LogP contribution in [0.1, 0.15) is 49.7 Å². The number of quaternary nitrogens is 1. The van der Waals surface area contributed by atoms with Gasteiger partial charge in [0.05, 0.1) is 20.6 Å². The standard InChI is InChI=1S/C28H39N2O2/c1-30(2,21-23-11-5-3-6-12-23)22-24-17-19-29(20-18-24)27(31)28(32,26-15-9-10-16-26)25-13-7-4-8-14-25/h3-8,11-14,24,26,32H,9-10,15-22H2,1-2H3/q+1. The summed E-state index contributed by atoms with van der Waals surface area (Å²) in [4.78, 5) is 15.7. The van der Waals surface area contributed by atoms with Crippen molar-refractivity contribution in [3.63, 3.8) is 0 Å². The quantitative estimate of drug-likeness (QED) is 0.647. The van der Waals surface area contributed by atoms with Crippen molar-refractivity contribution in [2.45, 2.75) is 50.7 Å². The predicted molar refractivity (Wildman–Crippen MR) is 129 cm³/mol. The molecule has 1 saturated carbocycles. The molecule has 0 aromatic heterocycles. The number of benzene rings is 2. The lowest BCUT2D eigenvalue weighted by Crippen LogP contribution is -2.54. The van der Waals surface area contributed by atoms with Crippen molar-refractivity contribution < 1.29 is 14.4 Å². The molecule has 32 heavy (non-hydrogen) atoms. The average Bonchev–Trinajstić information content (AvgIpc) is 3.35. The van der Waals surface area contributed by atoms with Crippen LogP contribution in [-0.2, 0) is 16.9 Å². The molecule has 0 bridgehead atoms. The van der Waals surface area contributed by atoms with Gasteiger partial charge in [0.2, 0.25) is 0 Å². The predicted octanol–water partition coefficient (Wildman–Crippen LogP) is 4.58. The topological polar surface area (TPSA) is 40.5 Å². The van der Waals surface area contributed by atoms with Crippen molar-refractivity contribution in [2.75, 3.05) is 33.7 Å². The second-order valence-electron chi connectivity index (χ2n) is 10.6. The minimum atomic E-state index is -1.38. The number of hydrogen-bond donors (Lipinski definition) is 1. The summed E-state index contributed by atoms with van der Waals surface area (Å²) in [6, 6.07) is 20.4. The molecule has 2 fully saturated rings. The van der Waals surface area contributed by atoms with E-state index in [1.165, 1.54) is 5.56 Å². The van der Waals surface area contributed by atoms with Crippen molar-refractivity contribution in [2.24, 2.45) is 11.8 Å². The smallest absolute Gasteiger partial charge is 0.259 e. The molecule has 172 valence electrons. The molecule has 1 N–H and O–H groups in total. The van der Waals surface area contributed by atoms with Crippen LogP contribution in [0.25, 0.3) is 0 Å². The number of aliphatic hydroxyl groups is 1. The Morgan fingerprint density at radius 2 is 1.50 bits per heavy atom. The Balaban J connectivity index is 1.40. The van der Waals surface area contributed by atoms with E-state index < -0.39 is 5.60 Å². The summed E-state index contributed by atoms with van der Waals surface area (Å²) in [7, 11) is 4.61. The third kappa shape index (κ3) is 5.07. The van der Waals surface area contributed by atoms with Gasteiger partial charge in [-0.1, -0.05) is 73.5 Å². The highest BCUT2D eigenvalue weighted by Crippen LogP contribution is 2.42. The zero-order chi connectivity index (χ0) is 22.6. The molecule has 4 nitrogen and oxygen atoms in total. The summed E-state index contributed by atoms with van der Waals surface area (Å²) in [5.74, 6) is 0.553. The van der Waals surface area contributed by atoms with E-state index in [4.69, 9.17) is 0 Å². The Bertz CT molecular complexity index is 869. The van der Waals surface area contributed by atoms with E-state index in [1.807, 2.05) is 35.2 Å². The largest absolute Gasteiger partial charge is 0.375 e. The molecule has 1 heterocycles. The van der Waals surface area contributed by atoms with E-state index in [-0.39, 0.29) is 11.8 Å². The molecule has 2 aromatic rings. The number of amides is 1. The Labute approximate surface area is 193 Å². The van der Waals surface area contributed by atoms with Crippen LogP contribution < -0.4 is 0 Å². The van der Waals surface area contributed by atoms with Crippen molar-refractivity contribution in [3.8, 4) is 0 Å². The van der Waals surface area contributed by atoms with Gasteiger partial charge in [-0.15, -0.1) is 0 Å². The number of nitrogens with zero attached hydrogens (tertiary/aromatic N) is 2. The summed E-state index contributed by atoms with van der Waals surface area (Å²) in [6.45, 7) is 3.63. The first-order valence-electron chi connectivity index (χ1n) is 12.3. The number of likely N-dealkylation sites (tertiary alicyclic amines) is 1. The van der Waals surface area contributed by atoms with E-state index in [1.54, 1.807) is 0 Å². The van der Waals surface area contributed by atoms with Crippen LogP contribution in [0.2, 0.25) is 0 Å². The molecule has 2 aliphatic rings. The summed E-state index contributed by atoms with van der Waals surface area (Å²) in [6.07, 6.45) is 6.08. The Morgan fingerprint density at radius 3 is 2.09 bits per heavy atom. The number of carbonyl (C=O) groups excluding carboxylic acids is 1. The van der Waals surface area contributed by atoms with E-state index in [0.717, 1.165) is 74.8 Å². The molecule has 2 aromatic carbocycles. The summed E-state index contributed by atoms with van der Waals surface area (Å²) in [5.41, 5.74) is 0.752. The van der Waals surface area contributed by atoms with Crippen LogP contribution in [0.15, 0.2) is 60.7 Å². The molecule has 1 unspecified atom stereocenters. The lowest BCUT2D eigenvalue weighted by Gasteiger charge is -2.42. The Kier molecular flexibility index (Phi) is 7.02. The van der Waals surface area contributed by atoms with Crippen LogP contribution in [-0.4, -0.2) is 54.1 Å². The normalized spacial score (nSPS) is 20.3. The number of piperidine rings is 1. The van der Waals surface area contributed by atoms with Gasteiger partial charge in [0, 0.05) is 30.5 Å². The van der Waals surface area contributed by atoms with Gasteiger partial charge < -0.3 is 14.5 Å². The average molecular weight is 436 g/mol. The molecule has 1 atom stereocenters. The van der Waals surface area contributed by atoms with Crippen LogP contribution in [0.4, 0.5) is 0 Å². The molecule has 1 aliphatic carbocycles. The lowest BCUT2D eigenvalue weighted by molar-refractivity contribution is -0.907. The fraction of sp³-hybridized carbons (Fsp3) is 0.536. The van der Waals surface area contributed by atoms with E-state index in [2.05, 4.69) is 44.4 Å². The van der Waals surface area contributed by atoms with E-state index in [0.29, 0.717) is 5.92 Å². The summed E-state index contributed by atoms with van der Waals surface area (Å²) in [5, 5.41) is 11.8. The Morgan fingerprint density at radius 1 is 0.938 bits per heavy atom. The maximum Gasteiger partial charge on any atom is 0.259 e. The lowest BCUT2D eigenvalue weighted by atomic mass is 9.78. The second-order valence-corrected chi connectivity index (χ2v) is 10.6. The van der Waals surface area contributed by atoms with Gasteiger partial charge in [-0.3, -0.25) is 4.79 Å². The SMILES string of the molecule is C[N+](C)(Cc1ccccc1)CC1CCN(C(=O)C(O)(c2ccccc2)C2CCCC2)CC1. The third-order valence-electron chi connectivity index (χ3n) is 7.59. The molecule has 1 saturated heterocycles. The molecule has 0 radical (unpaired) electrons. The number of rotatable bonds is 7. The molecule has 1 amide bonds. The molecule has 1 aliphatic heterocycles. The summed E-state index contributed by atoms with van der Waals surface area (Å²) >= 11 is 0. The number of carbonyl (C=O) groups is 1. The van der Waals surface area contributed by atoms with E-state index in [9.17, 15) is 9.90 Å². The first-order valence-corrected chi connectivity index (χ1v) is 12.3. The minimum absolute atomic E-state index is 0.0246. The second kappa shape index (κ2) is 9.76. The zero-order valence-corrected chi connectivity index (χ0v) is 19.7. The van der Waals surface area contributed by atoms with Crippen molar-refractivity contribution >= 4 is 5.91 Å². The van der Waals surface area contributed by atoms with Crippen LogP contribution >= 0.6 is 0 Å². The highest BCUT2D eigenvalue weighted by molar-refractivity contribution is 5.87. The highest BCUT2D eigenvalue weighted by atomic mass is 16.3. The fourth-order valence-electron chi connectivity index (χ4n) is 5.97. The maximum absolute atomic E-state index is 13.7. The van der Waals surface area contributed by atoms with Gasteiger partial charge in [0.15, 0.2) is 5.60 Å². The monoisotopic (exact) mass is 435 g/mol. The molecular weight excluding hydrogens is 396 g/mol. The molecule has 4 rings (SSSR count). The molecular formula is C28H39N2O2+. The zero-order valence-electron chi connectivity index (χ0n) is 19.7. The highest BCUT2D eigenvalue weighted by Gasteiger charge is 2.48.